The van der Waals surface area contributed by atoms with Gasteiger partial charge in [-0.25, -0.2) is 0 Å². The molecule has 0 unspecified atom stereocenters. The number of nitrogens with zero attached hydrogens (tertiary/aromatic N) is 1. The van der Waals surface area contributed by atoms with Gasteiger partial charge in [-0.15, -0.1) is 0 Å². The number of nitro benzene ring substituents is 1. The fourth-order valence-electron chi connectivity index (χ4n) is 1.69. The summed E-state index contributed by atoms with van der Waals surface area (Å²) in [6.45, 7) is 1.85. The molecule has 0 aliphatic heterocycles. The Morgan fingerprint density at radius 3 is 2.63 bits per heavy atom. The highest BCUT2D eigenvalue weighted by molar-refractivity contribution is 7.99. The van der Waals surface area contributed by atoms with E-state index in [9.17, 15) is 10.1 Å². The number of nitro groups is 1. The zero-order valence-electron chi connectivity index (χ0n) is 10.6. The molecule has 5 heteroatoms. The zero-order chi connectivity index (χ0) is 13.8. The Kier molecular flexibility index (Phi) is 4.06. The smallest absolute Gasteiger partial charge is 0.270 e. The van der Waals surface area contributed by atoms with Gasteiger partial charge in [-0.3, -0.25) is 10.1 Å². The molecule has 4 nitrogen and oxygen atoms in total. The summed E-state index contributed by atoms with van der Waals surface area (Å²) < 4.78 is 5.16. The molecule has 0 heterocycles. The van der Waals surface area contributed by atoms with E-state index in [1.807, 2.05) is 37.3 Å². The monoisotopic (exact) mass is 275 g/mol. The van der Waals surface area contributed by atoms with Crippen molar-refractivity contribution in [1.82, 2.24) is 0 Å². The fourth-order valence-corrected chi connectivity index (χ4v) is 2.71. The van der Waals surface area contributed by atoms with Gasteiger partial charge in [0.2, 0.25) is 0 Å². The summed E-state index contributed by atoms with van der Waals surface area (Å²) in [4.78, 5) is 12.3. The van der Waals surface area contributed by atoms with Crippen molar-refractivity contribution in [3.05, 3.63) is 58.1 Å². The van der Waals surface area contributed by atoms with Gasteiger partial charge in [-0.05, 0) is 36.8 Å². The maximum Gasteiger partial charge on any atom is 0.270 e. The third kappa shape index (κ3) is 3.48. The third-order valence-electron chi connectivity index (χ3n) is 2.52. The molecule has 19 heavy (non-hydrogen) atoms. The lowest BCUT2D eigenvalue weighted by Crippen LogP contribution is -1.89. The Hall–Kier alpha value is -2.01. The standard InChI is InChI=1S/C14H13NO3S/c1-10-6-11(15(16)17)8-14(7-10)19-13-5-3-4-12(9-13)18-2/h3-9H,1-2H3. The molecular formula is C14H13NO3S. The van der Waals surface area contributed by atoms with Gasteiger partial charge >= 0.3 is 0 Å². The summed E-state index contributed by atoms with van der Waals surface area (Å²) in [5.41, 5.74) is 0.991. The minimum atomic E-state index is -0.372. The van der Waals surface area contributed by atoms with Crippen LogP contribution in [0.5, 0.6) is 5.75 Å². The van der Waals surface area contributed by atoms with Gasteiger partial charge in [0.05, 0.1) is 12.0 Å². The molecule has 0 fully saturated rings. The van der Waals surface area contributed by atoms with Crippen molar-refractivity contribution in [3.63, 3.8) is 0 Å². The van der Waals surface area contributed by atoms with Gasteiger partial charge in [0.25, 0.3) is 5.69 Å². The second-order valence-corrected chi connectivity index (χ2v) is 5.19. The van der Waals surface area contributed by atoms with Crippen LogP contribution in [-0.2, 0) is 0 Å². The Morgan fingerprint density at radius 2 is 1.95 bits per heavy atom. The van der Waals surface area contributed by atoms with E-state index < -0.39 is 0 Å². The van der Waals surface area contributed by atoms with Crippen LogP contribution in [0, 0.1) is 17.0 Å². The fraction of sp³-hybridized carbons (Fsp3) is 0.143. The Morgan fingerprint density at radius 1 is 1.16 bits per heavy atom. The van der Waals surface area contributed by atoms with E-state index in [4.69, 9.17) is 4.74 Å². The topological polar surface area (TPSA) is 52.4 Å². The highest BCUT2D eigenvalue weighted by Crippen LogP contribution is 2.32. The van der Waals surface area contributed by atoms with Crippen LogP contribution in [0.1, 0.15) is 5.56 Å². The lowest BCUT2D eigenvalue weighted by Gasteiger charge is -2.05. The second-order valence-electron chi connectivity index (χ2n) is 4.04. The number of hydrogen-bond donors (Lipinski definition) is 0. The van der Waals surface area contributed by atoms with Gasteiger partial charge in [0.15, 0.2) is 0 Å². The van der Waals surface area contributed by atoms with E-state index in [1.165, 1.54) is 11.8 Å². The van der Waals surface area contributed by atoms with Crippen molar-refractivity contribution in [2.75, 3.05) is 7.11 Å². The van der Waals surface area contributed by atoms with Crippen LogP contribution in [0.2, 0.25) is 0 Å². The summed E-state index contributed by atoms with van der Waals surface area (Å²) in [5.74, 6) is 0.771. The number of aryl methyl sites for hydroxylation is 1. The van der Waals surface area contributed by atoms with Crippen LogP contribution >= 0.6 is 11.8 Å². The molecule has 0 atom stereocenters. The number of benzene rings is 2. The van der Waals surface area contributed by atoms with Crippen LogP contribution in [0.3, 0.4) is 0 Å². The molecule has 2 aromatic rings. The van der Waals surface area contributed by atoms with E-state index in [2.05, 4.69) is 0 Å². The second kappa shape index (κ2) is 5.75. The van der Waals surface area contributed by atoms with Crippen molar-refractivity contribution in [3.8, 4) is 5.75 Å². The normalized spacial score (nSPS) is 10.2. The van der Waals surface area contributed by atoms with E-state index >= 15 is 0 Å². The van der Waals surface area contributed by atoms with Gasteiger partial charge in [-0.1, -0.05) is 17.8 Å². The lowest BCUT2D eigenvalue weighted by molar-refractivity contribution is -0.385. The quantitative estimate of drug-likeness (QED) is 0.623. The van der Waals surface area contributed by atoms with E-state index in [1.54, 1.807) is 19.2 Å². The van der Waals surface area contributed by atoms with Crippen molar-refractivity contribution >= 4 is 17.4 Å². The molecule has 0 radical (unpaired) electrons. The highest BCUT2D eigenvalue weighted by atomic mass is 32.2. The van der Waals surface area contributed by atoms with Crippen LogP contribution in [0.25, 0.3) is 0 Å². The number of non-ortho nitro benzene ring substituents is 1. The third-order valence-corrected chi connectivity index (χ3v) is 3.48. The number of rotatable bonds is 4. The largest absolute Gasteiger partial charge is 0.497 e. The van der Waals surface area contributed by atoms with Crippen LogP contribution in [0.4, 0.5) is 5.69 Å². The first-order chi connectivity index (χ1) is 9.08. The minimum absolute atomic E-state index is 0.116. The average molecular weight is 275 g/mol. The molecule has 0 spiro atoms. The summed E-state index contributed by atoms with van der Waals surface area (Å²) in [7, 11) is 1.61. The maximum absolute atomic E-state index is 10.8. The molecule has 0 aromatic heterocycles. The van der Waals surface area contributed by atoms with Gasteiger partial charge in [-0.2, -0.15) is 0 Å². The predicted octanol–water partition coefficient (Wildman–Crippen LogP) is 4.06. The molecule has 0 saturated heterocycles. The van der Waals surface area contributed by atoms with Crippen molar-refractivity contribution < 1.29 is 9.66 Å². The summed E-state index contributed by atoms with van der Waals surface area (Å²) in [6, 6.07) is 12.7. The first kappa shape index (κ1) is 13.4. The average Bonchev–Trinajstić information content (AvgIpc) is 2.38. The first-order valence-corrected chi connectivity index (χ1v) is 6.48. The molecule has 2 aromatic carbocycles. The van der Waals surface area contributed by atoms with Gasteiger partial charge in [0.1, 0.15) is 5.75 Å². The van der Waals surface area contributed by atoms with Crippen molar-refractivity contribution in [2.24, 2.45) is 0 Å². The molecule has 0 aliphatic carbocycles. The molecule has 0 N–H and O–H groups in total. The predicted molar refractivity (Wildman–Crippen MR) is 75.0 cm³/mol. The zero-order valence-corrected chi connectivity index (χ0v) is 11.4. The van der Waals surface area contributed by atoms with Crippen LogP contribution < -0.4 is 4.74 Å². The first-order valence-electron chi connectivity index (χ1n) is 5.66. The van der Waals surface area contributed by atoms with Gasteiger partial charge < -0.3 is 4.74 Å². The Bertz CT molecular complexity index is 613. The van der Waals surface area contributed by atoms with Crippen molar-refractivity contribution in [2.45, 2.75) is 16.7 Å². The SMILES string of the molecule is COc1cccc(Sc2cc(C)cc([N+](=O)[O-])c2)c1. The summed E-state index contributed by atoms with van der Waals surface area (Å²) >= 11 is 1.48. The molecule has 2 rings (SSSR count). The Labute approximate surface area is 115 Å². The van der Waals surface area contributed by atoms with Crippen LogP contribution in [0.15, 0.2) is 52.3 Å². The lowest BCUT2D eigenvalue weighted by atomic mass is 10.2. The Balaban J connectivity index is 2.29. The molecule has 0 amide bonds. The van der Waals surface area contributed by atoms with Crippen molar-refractivity contribution in [1.29, 1.82) is 0 Å². The van der Waals surface area contributed by atoms with E-state index in [-0.39, 0.29) is 10.6 Å². The summed E-state index contributed by atoms with van der Waals surface area (Å²) in [5, 5.41) is 10.8. The van der Waals surface area contributed by atoms with Gasteiger partial charge in [0, 0.05) is 21.9 Å². The molecule has 98 valence electrons. The minimum Gasteiger partial charge on any atom is -0.497 e. The summed E-state index contributed by atoms with van der Waals surface area (Å²) in [6.07, 6.45) is 0. The maximum atomic E-state index is 10.8. The molecular weight excluding hydrogens is 262 g/mol. The van der Waals surface area contributed by atoms with E-state index in [0.717, 1.165) is 21.1 Å². The molecule has 0 aliphatic rings. The molecule has 0 bridgehead atoms. The van der Waals surface area contributed by atoms with Crippen LogP contribution in [-0.4, -0.2) is 12.0 Å². The number of methoxy groups -OCH3 is 1. The highest BCUT2D eigenvalue weighted by Gasteiger charge is 2.09. The van der Waals surface area contributed by atoms with E-state index in [0.29, 0.717) is 0 Å². The molecule has 0 saturated carbocycles. The number of hydrogen-bond acceptors (Lipinski definition) is 4. The number of ether oxygens (including phenoxy) is 1.